The molecule has 0 fully saturated rings. The molecular weight excluding hydrogens is 558 g/mol. The maximum atomic E-state index is 13.1. The summed E-state index contributed by atoms with van der Waals surface area (Å²) in [7, 11) is -4.28. The standard InChI is InChI=1S/C26H35N5O7S2/c1-4-38-26(35)19-9-11-20(12-10-19)40(36,37)31-22(16(2)32)25(34)30-21(13-14-39-3)24(33)29-15-17-5-7-18(8-6-17)23(27)28/h5-12,16,21-22,31-32H,4,13-15H2,1-3H3,(H3,27,28)(H,29,33)(H,30,34). The zero-order chi connectivity index (χ0) is 29.9. The van der Waals surface area contributed by atoms with Crippen LogP contribution in [0.3, 0.4) is 0 Å². The Morgan fingerprint density at radius 1 is 1.05 bits per heavy atom. The summed E-state index contributed by atoms with van der Waals surface area (Å²) in [5, 5.41) is 23.0. The topological polar surface area (TPSA) is 201 Å². The van der Waals surface area contributed by atoms with E-state index in [4.69, 9.17) is 15.9 Å². The summed E-state index contributed by atoms with van der Waals surface area (Å²) < 4.78 is 33.0. The molecule has 0 aromatic heterocycles. The van der Waals surface area contributed by atoms with Gasteiger partial charge in [0.25, 0.3) is 0 Å². The monoisotopic (exact) mass is 593 g/mol. The highest BCUT2D eigenvalue weighted by Gasteiger charge is 2.32. The molecule has 14 heteroatoms. The van der Waals surface area contributed by atoms with Gasteiger partial charge in [-0.25, -0.2) is 13.2 Å². The van der Waals surface area contributed by atoms with Crippen molar-refractivity contribution in [2.75, 3.05) is 18.6 Å². The zero-order valence-corrected chi connectivity index (χ0v) is 24.1. The third kappa shape index (κ3) is 9.62. The number of esters is 1. The number of ether oxygens (including phenoxy) is 1. The van der Waals surface area contributed by atoms with E-state index in [-0.39, 0.29) is 35.9 Å². The van der Waals surface area contributed by atoms with Gasteiger partial charge in [-0.3, -0.25) is 15.0 Å². The fourth-order valence-corrected chi connectivity index (χ4v) is 5.21. The molecule has 218 valence electrons. The number of amidine groups is 1. The Labute approximate surface area is 238 Å². The Bertz CT molecular complexity index is 1280. The minimum absolute atomic E-state index is 0.0765. The second kappa shape index (κ2) is 15.4. The number of rotatable bonds is 15. The third-order valence-electron chi connectivity index (χ3n) is 5.70. The number of sulfonamides is 1. The van der Waals surface area contributed by atoms with Gasteiger partial charge in [-0.15, -0.1) is 0 Å². The summed E-state index contributed by atoms with van der Waals surface area (Å²) in [6, 6.07) is 9.06. The van der Waals surface area contributed by atoms with Crippen molar-refractivity contribution < 1.29 is 32.6 Å². The Morgan fingerprint density at radius 3 is 2.17 bits per heavy atom. The van der Waals surface area contributed by atoms with Crippen molar-refractivity contribution in [3.63, 3.8) is 0 Å². The van der Waals surface area contributed by atoms with Crippen LogP contribution in [0, 0.1) is 5.41 Å². The summed E-state index contributed by atoms with van der Waals surface area (Å²) in [5.41, 5.74) is 6.90. The van der Waals surface area contributed by atoms with Crippen LogP contribution >= 0.6 is 11.8 Å². The van der Waals surface area contributed by atoms with Crippen LogP contribution in [0.4, 0.5) is 0 Å². The Balaban J connectivity index is 2.12. The molecule has 0 radical (unpaired) electrons. The predicted octanol–water partition coefficient (Wildman–Crippen LogP) is 0.729. The van der Waals surface area contributed by atoms with Gasteiger partial charge in [0.2, 0.25) is 21.8 Å². The number of aliphatic hydroxyl groups excluding tert-OH is 1. The first kappa shape index (κ1) is 32.8. The van der Waals surface area contributed by atoms with E-state index in [1.807, 2.05) is 6.26 Å². The molecule has 7 N–H and O–H groups in total. The van der Waals surface area contributed by atoms with Crippen molar-refractivity contribution in [3.05, 3.63) is 65.2 Å². The van der Waals surface area contributed by atoms with Crippen molar-refractivity contribution in [2.45, 2.75) is 49.9 Å². The molecule has 0 bridgehead atoms. The van der Waals surface area contributed by atoms with E-state index in [0.717, 1.165) is 5.56 Å². The third-order valence-corrected chi connectivity index (χ3v) is 7.80. The molecule has 3 unspecified atom stereocenters. The van der Waals surface area contributed by atoms with E-state index < -0.39 is 46.0 Å². The molecular formula is C26H35N5O7S2. The van der Waals surface area contributed by atoms with Gasteiger partial charge in [-0.05, 0) is 62.1 Å². The molecule has 12 nitrogen and oxygen atoms in total. The SMILES string of the molecule is CCOC(=O)c1ccc(S(=O)(=O)NC(C(=O)NC(CCSC)C(=O)NCc2ccc(C(=N)N)cc2)C(C)O)cc1. The van der Waals surface area contributed by atoms with Crippen LogP contribution < -0.4 is 21.1 Å². The molecule has 0 aliphatic rings. The lowest BCUT2D eigenvalue weighted by molar-refractivity contribution is -0.131. The lowest BCUT2D eigenvalue weighted by Crippen LogP contribution is -2.57. The molecule has 0 saturated heterocycles. The highest BCUT2D eigenvalue weighted by molar-refractivity contribution is 7.98. The van der Waals surface area contributed by atoms with Gasteiger partial charge in [-0.1, -0.05) is 24.3 Å². The largest absolute Gasteiger partial charge is 0.462 e. The van der Waals surface area contributed by atoms with Gasteiger partial charge in [0.05, 0.1) is 23.2 Å². The number of hydrogen-bond donors (Lipinski definition) is 6. The highest BCUT2D eigenvalue weighted by atomic mass is 32.2. The summed E-state index contributed by atoms with van der Waals surface area (Å²) in [4.78, 5) is 37.6. The molecule has 2 aromatic rings. The minimum atomic E-state index is -4.28. The van der Waals surface area contributed by atoms with E-state index in [1.54, 1.807) is 31.2 Å². The second-order valence-electron chi connectivity index (χ2n) is 8.76. The molecule has 2 rings (SSSR count). The number of aliphatic hydroxyl groups is 1. The molecule has 0 heterocycles. The molecule has 0 aliphatic heterocycles. The summed E-state index contributed by atoms with van der Waals surface area (Å²) in [6.07, 6.45) is 0.668. The van der Waals surface area contributed by atoms with E-state index >= 15 is 0 Å². The van der Waals surface area contributed by atoms with Gasteiger partial charge in [0, 0.05) is 12.1 Å². The lowest BCUT2D eigenvalue weighted by atomic mass is 10.1. The number of nitrogens with one attached hydrogen (secondary N) is 4. The van der Waals surface area contributed by atoms with Gasteiger partial charge >= 0.3 is 5.97 Å². The molecule has 0 aliphatic carbocycles. The lowest BCUT2D eigenvalue weighted by Gasteiger charge is -2.24. The van der Waals surface area contributed by atoms with Crippen LogP contribution in [-0.2, 0) is 30.9 Å². The average Bonchev–Trinajstić information content (AvgIpc) is 2.92. The number of nitrogen functional groups attached to an aromatic ring is 1. The number of nitrogens with two attached hydrogens (primary N) is 1. The first-order valence-corrected chi connectivity index (χ1v) is 15.2. The van der Waals surface area contributed by atoms with Crippen molar-refractivity contribution in [3.8, 4) is 0 Å². The van der Waals surface area contributed by atoms with Crippen LogP contribution in [0.2, 0.25) is 0 Å². The molecule has 0 saturated carbocycles. The fourth-order valence-electron chi connectivity index (χ4n) is 3.47. The predicted molar refractivity (Wildman–Crippen MR) is 152 cm³/mol. The average molecular weight is 594 g/mol. The summed E-state index contributed by atoms with van der Waals surface area (Å²) in [6.45, 7) is 3.21. The van der Waals surface area contributed by atoms with E-state index in [0.29, 0.717) is 11.3 Å². The zero-order valence-electron chi connectivity index (χ0n) is 22.5. The first-order chi connectivity index (χ1) is 18.9. The summed E-state index contributed by atoms with van der Waals surface area (Å²) in [5.74, 6) is -1.52. The fraction of sp³-hybridized carbons (Fsp3) is 0.385. The smallest absolute Gasteiger partial charge is 0.338 e. The van der Waals surface area contributed by atoms with Gasteiger partial charge in [0.1, 0.15) is 17.9 Å². The van der Waals surface area contributed by atoms with Gasteiger partial charge < -0.3 is 26.2 Å². The Kier molecular flexibility index (Phi) is 12.6. The van der Waals surface area contributed by atoms with Crippen LogP contribution in [0.15, 0.2) is 53.4 Å². The van der Waals surface area contributed by atoms with Crippen LogP contribution in [0.1, 0.15) is 41.8 Å². The van der Waals surface area contributed by atoms with Gasteiger partial charge in [-0.2, -0.15) is 16.5 Å². The van der Waals surface area contributed by atoms with Crippen molar-refractivity contribution in [1.29, 1.82) is 5.41 Å². The minimum Gasteiger partial charge on any atom is -0.462 e. The number of carbonyl (C=O) groups excluding carboxylic acids is 3. The van der Waals surface area contributed by atoms with Crippen molar-refractivity contribution in [1.82, 2.24) is 15.4 Å². The maximum Gasteiger partial charge on any atom is 0.338 e. The van der Waals surface area contributed by atoms with E-state index in [1.165, 1.54) is 43.0 Å². The number of thioether (sulfide) groups is 1. The highest BCUT2D eigenvalue weighted by Crippen LogP contribution is 2.13. The van der Waals surface area contributed by atoms with Crippen LogP contribution in [-0.4, -0.2) is 73.9 Å². The van der Waals surface area contributed by atoms with E-state index in [2.05, 4.69) is 15.4 Å². The maximum absolute atomic E-state index is 13.1. The van der Waals surface area contributed by atoms with Crippen LogP contribution in [0.25, 0.3) is 0 Å². The normalized spacial score (nSPS) is 13.5. The van der Waals surface area contributed by atoms with Crippen molar-refractivity contribution >= 4 is 45.4 Å². The Hall–Kier alpha value is -3.46. The number of amides is 2. The van der Waals surface area contributed by atoms with Gasteiger partial charge in [0.15, 0.2) is 0 Å². The Morgan fingerprint density at radius 2 is 1.65 bits per heavy atom. The van der Waals surface area contributed by atoms with Crippen molar-refractivity contribution in [2.24, 2.45) is 5.73 Å². The molecule has 2 aromatic carbocycles. The van der Waals surface area contributed by atoms with E-state index in [9.17, 15) is 27.9 Å². The van der Waals surface area contributed by atoms with Crippen LogP contribution in [0.5, 0.6) is 0 Å². The number of carbonyl (C=O) groups is 3. The quantitative estimate of drug-likeness (QED) is 0.0978. The number of benzene rings is 2. The molecule has 40 heavy (non-hydrogen) atoms. The summed E-state index contributed by atoms with van der Waals surface area (Å²) >= 11 is 1.46. The first-order valence-electron chi connectivity index (χ1n) is 12.4. The second-order valence-corrected chi connectivity index (χ2v) is 11.5. The molecule has 2 amide bonds. The molecule has 0 spiro atoms. The number of hydrogen-bond acceptors (Lipinski definition) is 9. The molecule has 3 atom stereocenters.